The summed E-state index contributed by atoms with van der Waals surface area (Å²) in [7, 11) is 0. The van der Waals surface area contributed by atoms with Crippen LogP contribution in [0.15, 0.2) is 12.2 Å². The molecule has 0 radical (unpaired) electrons. The third-order valence-corrected chi connectivity index (χ3v) is 2.55. The highest BCUT2D eigenvalue weighted by Crippen LogP contribution is 2.24. The Kier molecular flexibility index (Phi) is 4.00. The van der Waals surface area contributed by atoms with E-state index in [1.807, 2.05) is 0 Å². The lowest BCUT2D eigenvalue weighted by atomic mass is 9.91. The molecule has 1 fully saturated rings. The van der Waals surface area contributed by atoms with Gasteiger partial charge in [0.1, 0.15) is 30.5 Å². The molecule has 7 nitrogen and oxygen atoms in total. The average molecular weight is 233 g/mol. The summed E-state index contributed by atoms with van der Waals surface area (Å²) in [4.78, 5) is 10.9. The van der Waals surface area contributed by atoms with Gasteiger partial charge in [0, 0.05) is 5.57 Å². The van der Waals surface area contributed by atoms with Crippen molar-refractivity contribution >= 4 is 5.91 Å². The van der Waals surface area contributed by atoms with Crippen LogP contribution in [0.1, 0.15) is 0 Å². The highest BCUT2D eigenvalue weighted by atomic mass is 16.5. The number of carbonyl (C=O) groups is 1. The number of carbonyl (C=O) groups excluding carboxylic acids is 1. The number of aliphatic hydroxyl groups excluding tert-OH is 4. The van der Waals surface area contributed by atoms with E-state index in [0.29, 0.717) is 0 Å². The van der Waals surface area contributed by atoms with E-state index in [4.69, 9.17) is 15.6 Å². The Hall–Kier alpha value is -0.990. The molecular formula is C9H15NO6. The van der Waals surface area contributed by atoms with Gasteiger partial charge in [0.2, 0.25) is 5.91 Å². The first kappa shape index (κ1) is 13.1. The first-order valence-corrected chi connectivity index (χ1v) is 4.69. The zero-order chi connectivity index (χ0) is 12.5. The molecule has 5 atom stereocenters. The highest BCUT2D eigenvalue weighted by molar-refractivity contribution is 5.92. The van der Waals surface area contributed by atoms with Crippen molar-refractivity contribution in [3.05, 3.63) is 12.2 Å². The van der Waals surface area contributed by atoms with Crippen LogP contribution in [0.4, 0.5) is 0 Å². The van der Waals surface area contributed by atoms with Crippen molar-refractivity contribution < 1.29 is 30.0 Å². The van der Waals surface area contributed by atoms with Gasteiger partial charge in [-0.2, -0.15) is 0 Å². The number of nitrogens with two attached hydrogens (primary N) is 1. The van der Waals surface area contributed by atoms with Gasteiger partial charge in [-0.25, -0.2) is 0 Å². The van der Waals surface area contributed by atoms with Crippen LogP contribution in [-0.4, -0.2) is 63.5 Å². The van der Waals surface area contributed by atoms with Gasteiger partial charge >= 0.3 is 0 Å². The predicted molar refractivity (Wildman–Crippen MR) is 52.1 cm³/mol. The first-order valence-electron chi connectivity index (χ1n) is 4.69. The van der Waals surface area contributed by atoms with E-state index in [2.05, 4.69) is 6.58 Å². The van der Waals surface area contributed by atoms with Crippen LogP contribution in [0.3, 0.4) is 0 Å². The van der Waals surface area contributed by atoms with Crippen molar-refractivity contribution in [2.75, 3.05) is 6.61 Å². The summed E-state index contributed by atoms with van der Waals surface area (Å²) in [5, 5.41) is 37.3. The largest absolute Gasteiger partial charge is 0.394 e. The van der Waals surface area contributed by atoms with E-state index in [1.54, 1.807) is 0 Å². The molecule has 1 aliphatic rings. The molecule has 92 valence electrons. The van der Waals surface area contributed by atoms with E-state index in [0.717, 1.165) is 0 Å². The molecule has 1 aliphatic heterocycles. The van der Waals surface area contributed by atoms with Gasteiger partial charge in [-0.05, 0) is 0 Å². The van der Waals surface area contributed by atoms with Crippen LogP contribution in [0, 0.1) is 0 Å². The number of amides is 1. The first-order chi connectivity index (χ1) is 7.40. The Morgan fingerprint density at radius 3 is 2.25 bits per heavy atom. The zero-order valence-electron chi connectivity index (χ0n) is 8.48. The number of ether oxygens (including phenoxy) is 1. The average Bonchev–Trinajstić information content (AvgIpc) is 2.25. The van der Waals surface area contributed by atoms with Crippen molar-refractivity contribution in [2.45, 2.75) is 30.5 Å². The Morgan fingerprint density at radius 2 is 1.81 bits per heavy atom. The molecule has 6 N–H and O–H groups in total. The summed E-state index contributed by atoms with van der Waals surface area (Å²) in [6.45, 7) is 2.76. The molecule has 0 aromatic carbocycles. The molecule has 1 heterocycles. The molecular weight excluding hydrogens is 218 g/mol. The van der Waals surface area contributed by atoms with Gasteiger partial charge in [-0.3, -0.25) is 4.79 Å². The van der Waals surface area contributed by atoms with Crippen molar-refractivity contribution in [3.63, 3.8) is 0 Å². The maximum Gasteiger partial charge on any atom is 0.246 e. The van der Waals surface area contributed by atoms with Gasteiger partial charge in [0.05, 0.1) is 6.61 Å². The quantitative estimate of drug-likeness (QED) is 0.327. The SMILES string of the molecule is C=C(C(N)=O)C1O[C@H](CO)[C@@H](O)[C@H](O)[C@H]1O. The molecule has 1 rings (SSSR count). The van der Waals surface area contributed by atoms with Gasteiger partial charge in [-0.1, -0.05) is 6.58 Å². The maximum absolute atomic E-state index is 10.9. The maximum atomic E-state index is 10.9. The second-order valence-electron chi connectivity index (χ2n) is 3.64. The van der Waals surface area contributed by atoms with Crippen LogP contribution in [0.25, 0.3) is 0 Å². The Bertz CT molecular complexity index is 292. The fourth-order valence-corrected chi connectivity index (χ4v) is 1.53. The summed E-state index contributed by atoms with van der Waals surface area (Å²) >= 11 is 0. The van der Waals surface area contributed by atoms with Crippen LogP contribution in [0.2, 0.25) is 0 Å². The molecule has 1 saturated heterocycles. The smallest absolute Gasteiger partial charge is 0.246 e. The second kappa shape index (κ2) is 4.89. The summed E-state index contributed by atoms with van der Waals surface area (Å²) < 4.78 is 5.04. The second-order valence-corrected chi connectivity index (χ2v) is 3.64. The lowest BCUT2D eigenvalue weighted by Crippen LogP contribution is -2.59. The van der Waals surface area contributed by atoms with Crippen LogP contribution < -0.4 is 5.73 Å². The molecule has 0 saturated carbocycles. The predicted octanol–water partition coefficient (Wildman–Crippen LogP) is -3.13. The molecule has 16 heavy (non-hydrogen) atoms. The number of aliphatic hydroxyl groups is 4. The van der Waals surface area contributed by atoms with Crippen molar-refractivity contribution in [2.24, 2.45) is 5.73 Å². The van der Waals surface area contributed by atoms with Gasteiger partial charge < -0.3 is 30.9 Å². The molecule has 0 bridgehead atoms. The molecule has 7 heteroatoms. The minimum atomic E-state index is -1.54. The Balaban J connectivity index is 2.86. The minimum Gasteiger partial charge on any atom is -0.394 e. The topological polar surface area (TPSA) is 133 Å². The van der Waals surface area contributed by atoms with Crippen molar-refractivity contribution in [1.82, 2.24) is 0 Å². The molecule has 0 spiro atoms. The van der Waals surface area contributed by atoms with E-state index >= 15 is 0 Å². The zero-order valence-corrected chi connectivity index (χ0v) is 8.48. The van der Waals surface area contributed by atoms with Gasteiger partial charge in [0.15, 0.2) is 0 Å². The van der Waals surface area contributed by atoms with Gasteiger partial charge in [-0.15, -0.1) is 0 Å². The number of rotatable bonds is 3. The molecule has 0 aromatic rings. The van der Waals surface area contributed by atoms with E-state index in [9.17, 15) is 20.1 Å². The third-order valence-electron chi connectivity index (χ3n) is 2.55. The lowest BCUT2D eigenvalue weighted by molar-refractivity contribution is -0.219. The number of primary amides is 1. The van der Waals surface area contributed by atoms with Crippen molar-refractivity contribution in [1.29, 1.82) is 0 Å². The molecule has 0 aliphatic carbocycles. The van der Waals surface area contributed by atoms with Crippen LogP contribution in [0.5, 0.6) is 0 Å². The molecule has 1 amide bonds. The Labute approximate surface area is 91.8 Å². The van der Waals surface area contributed by atoms with Crippen LogP contribution >= 0.6 is 0 Å². The summed E-state index contributed by atoms with van der Waals surface area (Å²) in [6, 6.07) is 0. The fourth-order valence-electron chi connectivity index (χ4n) is 1.53. The molecule has 1 unspecified atom stereocenters. The van der Waals surface area contributed by atoms with Crippen molar-refractivity contribution in [3.8, 4) is 0 Å². The number of hydrogen-bond acceptors (Lipinski definition) is 6. The Morgan fingerprint density at radius 1 is 1.25 bits per heavy atom. The van der Waals surface area contributed by atoms with Gasteiger partial charge in [0.25, 0.3) is 0 Å². The summed E-state index contributed by atoms with van der Waals surface area (Å²) in [5.74, 6) is -0.885. The van der Waals surface area contributed by atoms with E-state index in [1.165, 1.54) is 0 Å². The van der Waals surface area contributed by atoms with E-state index in [-0.39, 0.29) is 5.57 Å². The fraction of sp³-hybridized carbons (Fsp3) is 0.667. The van der Waals surface area contributed by atoms with E-state index < -0.39 is 43.0 Å². The molecule has 0 aromatic heterocycles. The van der Waals surface area contributed by atoms with Crippen LogP contribution in [-0.2, 0) is 9.53 Å². The summed E-state index contributed by atoms with van der Waals surface area (Å²) in [6.07, 6.45) is -6.81. The number of hydrogen-bond donors (Lipinski definition) is 5. The monoisotopic (exact) mass is 233 g/mol. The normalized spacial score (nSPS) is 39.4. The minimum absolute atomic E-state index is 0.225. The highest BCUT2D eigenvalue weighted by Gasteiger charge is 2.45. The standard InChI is InChI=1S/C9H15NO6/c1-3(9(10)15)8-7(14)6(13)5(12)4(2-11)16-8/h4-8,11-14H,1-2H2,(H2,10,15)/t4-,5-,6+,7-,8?/m1/s1. The lowest BCUT2D eigenvalue weighted by Gasteiger charge is -2.40. The summed E-state index contributed by atoms with van der Waals surface area (Å²) in [5.41, 5.74) is 4.73. The third kappa shape index (κ3) is 2.23.